The van der Waals surface area contributed by atoms with Crippen LogP contribution in [0.3, 0.4) is 0 Å². The normalized spacial score (nSPS) is 15.4. The Morgan fingerprint density at radius 3 is 2.74 bits per heavy atom. The molecular formula is C19H21N3O5. The Morgan fingerprint density at radius 1 is 1.26 bits per heavy atom. The van der Waals surface area contributed by atoms with Crippen molar-refractivity contribution in [1.82, 2.24) is 4.90 Å². The van der Waals surface area contributed by atoms with Crippen LogP contribution in [0.4, 0.5) is 11.4 Å². The molecule has 0 saturated carbocycles. The second-order valence-electron chi connectivity index (χ2n) is 6.47. The molecule has 2 aromatic carbocycles. The number of aryl methyl sites for hydroxylation is 1. The van der Waals surface area contributed by atoms with Crippen LogP contribution >= 0.6 is 0 Å². The second kappa shape index (κ2) is 8.05. The number of nitrogens with zero attached hydrogens (tertiary/aromatic N) is 2. The molecule has 1 atom stereocenters. The molecule has 1 amide bonds. The van der Waals surface area contributed by atoms with Crippen molar-refractivity contribution in [2.24, 2.45) is 0 Å². The van der Waals surface area contributed by atoms with E-state index in [9.17, 15) is 14.9 Å². The molecule has 142 valence electrons. The van der Waals surface area contributed by atoms with Crippen molar-refractivity contribution in [2.45, 2.75) is 13.0 Å². The first-order valence-corrected chi connectivity index (χ1v) is 8.55. The smallest absolute Gasteiger partial charge is 0.293 e. The van der Waals surface area contributed by atoms with Gasteiger partial charge in [-0.05, 0) is 31.7 Å². The fourth-order valence-corrected chi connectivity index (χ4v) is 2.96. The maximum absolute atomic E-state index is 12.3. The molecule has 3 rings (SSSR count). The number of fused-ring (bicyclic) bond motifs is 1. The number of benzene rings is 2. The topological polar surface area (TPSA) is 93.9 Å². The highest BCUT2D eigenvalue weighted by molar-refractivity contribution is 5.95. The van der Waals surface area contributed by atoms with E-state index < -0.39 is 4.92 Å². The molecule has 0 saturated heterocycles. The molecule has 1 N–H and O–H groups in total. The summed E-state index contributed by atoms with van der Waals surface area (Å²) in [6.45, 7) is 2.67. The number of nitrogens with one attached hydrogen (secondary N) is 1. The molecule has 0 bridgehead atoms. The van der Waals surface area contributed by atoms with Crippen LogP contribution in [0.1, 0.15) is 5.56 Å². The fourth-order valence-electron chi connectivity index (χ4n) is 2.96. The average Bonchev–Trinajstić information content (AvgIpc) is 2.63. The predicted molar refractivity (Wildman–Crippen MR) is 100 cm³/mol. The number of carbonyl (C=O) groups excluding carboxylic acids is 1. The summed E-state index contributed by atoms with van der Waals surface area (Å²) in [4.78, 5) is 24.8. The molecular weight excluding hydrogens is 350 g/mol. The van der Waals surface area contributed by atoms with E-state index in [-0.39, 0.29) is 29.9 Å². The van der Waals surface area contributed by atoms with Gasteiger partial charge < -0.3 is 14.8 Å². The molecule has 8 heteroatoms. The van der Waals surface area contributed by atoms with Crippen LogP contribution in [0.25, 0.3) is 0 Å². The molecule has 0 spiro atoms. The fraction of sp³-hybridized carbons (Fsp3) is 0.316. The van der Waals surface area contributed by atoms with Crippen LogP contribution in [0.2, 0.25) is 0 Å². The molecule has 0 fully saturated rings. The van der Waals surface area contributed by atoms with E-state index in [1.807, 2.05) is 24.3 Å². The number of ether oxygens (including phenoxy) is 2. The summed E-state index contributed by atoms with van der Waals surface area (Å²) in [5, 5.41) is 13.8. The first-order chi connectivity index (χ1) is 12.9. The lowest BCUT2D eigenvalue weighted by Gasteiger charge is -2.29. The van der Waals surface area contributed by atoms with Gasteiger partial charge in [0, 0.05) is 12.6 Å². The van der Waals surface area contributed by atoms with E-state index in [1.54, 1.807) is 31.0 Å². The van der Waals surface area contributed by atoms with E-state index in [0.29, 0.717) is 30.2 Å². The predicted octanol–water partition coefficient (Wildman–Crippen LogP) is 2.61. The molecule has 2 aromatic rings. The van der Waals surface area contributed by atoms with Gasteiger partial charge in [0.05, 0.1) is 11.5 Å². The summed E-state index contributed by atoms with van der Waals surface area (Å²) in [5.74, 6) is 1.06. The Kier molecular flexibility index (Phi) is 5.56. The highest BCUT2D eigenvalue weighted by atomic mass is 16.6. The quantitative estimate of drug-likeness (QED) is 0.620. The van der Waals surface area contributed by atoms with E-state index >= 15 is 0 Å². The Balaban J connectivity index is 1.57. The number of likely N-dealkylation sites (N-methyl/N-ethyl adjacent to an activating group) is 1. The molecule has 0 aromatic heterocycles. The summed E-state index contributed by atoms with van der Waals surface area (Å²) < 4.78 is 11.6. The number of rotatable bonds is 6. The van der Waals surface area contributed by atoms with Gasteiger partial charge in [-0.15, -0.1) is 0 Å². The largest absolute Gasteiger partial charge is 0.486 e. The lowest BCUT2D eigenvalue weighted by atomic mass is 10.1. The molecule has 27 heavy (non-hydrogen) atoms. The summed E-state index contributed by atoms with van der Waals surface area (Å²) in [6.07, 6.45) is -0.203. The van der Waals surface area contributed by atoms with Crippen LogP contribution in [-0.2, 0) is 4.79 Å². The number of hydrogen-bond acceptors (Lipinski definition) is 6. The summed E-state index contributed by atoms with van der Waals surface area (Å²) in [5.41, 5.74) is 0.750. The highest BCUT2D eigenvalue weighted by Crippen LogP contribution is 2.31. The maximum Gasteiger partial charge on any atom is 0.293 e. The summed E-state index contributed by atoms with van der Waals surface area (Å²) in [7, 11) is 1.79. The molecule has 0 aliphatic carbocycles. The van der Waals surface area contributed by atoms with Gasteiger partial charge in [-0.1, -0.05) is 24.3 Å². The number of nitro benzene ring substituents is 1. The van der Waals surface area contributed by atoms with Crippen molar-refractivity contribution in [1.29, 1.82) is 0 Å². The Bertz CT molecular complexity index is 855. The minimum Gasteiger partial charge on any atom is -0.486 e. The van der Waals surface area contributed by atoms with Gasteiger partial charge in [-0.25, -0.2) is 0 Å². The van der Waals surface area contributed by atoms with E-state index in [1.165, 1.54) is 6.07 Å². The molecule has 1 aliphatic rings. The number of nitro groups is 1. The van der Waals surface area contributed by atoms with E-state index in [0.717, 1.165) is 0 Å². The zero-order valence-electron chi connectivity index (χ0n) is 15.2. The SMILES string of the molecule is Cc1cccc([N+](=O)[O-])c1NC(=O)CN(C)C[C@@H]1COc2ccccc2O1. The number of hydrogen-bond donors (Lipinski definition) is 1. The monoisotopic (exact) mass is 371 g/mol. The Labute approximate surface area is 156 Å². The van der Waals surface area contributed by atoms with Gasteiger partial charge in [-0.2, -0.15) is 0 Å². The second-order valence-corrected chi connectivity index (χ2v) is 6.47. The third-order valence-electron chi connectivity index (χ3n) is 4.21. The Hall–Kier alpha value is -3.13. The summed E-state index contributed by atoms with van der Waals surface area (Å²) in [6, 6.07) is 12.1. The van der Waals surface area contributed by atoms with Crippen LogP contribution in [-0.4, -0.2) is 48.6 Å². The molecule has 8 nitrogen and oxygen atoms in total. The standard InChI is InChI=1S/C19H21N3O5/c1-13-6-5-7-15(22(24)25)19(13)20-18(23)11-21(2)10-14-12-26-16-8-3-4-9-17(16)27-14/h3-9,14H,10-12H2,1-2H3,(H,20,23)/t14-/m1/s1. The average molecular weight is 371 g/mol. The third kappa shape index (κ3) is 4.53. The number of amides is 1. The van der Waals surface area contributed by atoms with Crippen LogP contribution in [0, 0.1) is 17.0 Å². The van der Waals surface area contributed by atoms with Gasteiger partial charge in [-0.3, -0.25) is 19.8 Å². The van der Waals surface area contributed by atoms with Crippen molar-refractivity contribution < 1.29 is 19.2 Å². The van der Waals surface area contributed by atoms with Gasteiger partial charge in [0.1, 0.15) is 18.4 Å². The maximum atomic E-state index is 12.3. The minimum atomic E-state index is -0.503. The third-order valence-corrected chi connectivity index (χ3v) is 4.21. The van der Waals surface area contributed by atoms with Crippen molar-refractivity contribution >= 4 is 17.3 Å². The summed E-state index contributed by atoms with van der Waals surface area (Å²) >= 11 is 0. The zero-order valence-corrected chi connectivity index (χ0v) is 15.2. The molecule has 0 radical (unpaired) electrons. The lowest BCUT2D eigenvalue weighted by molar-refractivity contribution is -0.384. The van der Waals surface area contributed by atoms with E-state index in [4.69, 9.17) is 9.47 Å². The first kappa shape index (κ1) is 18.7. The van der Waals surface area contributed by atoms with Gasteiger partial charge in [0.2, 0.25) is 5.91 Å². The van der Waals surface area contributed by atoms with Crippen molar-refractivity contribution in [2.75, 3.05) is 32.1 Å². The van der Waals surface area contributed by atoms with Crippen molar-refractivity contribution in [3.8, 4) is 11.5 Å². The van der Waals surface area contributed by atoms with Crippen LogP contribution in [0.15, 0.2) is 42.5 Å². The number of para-hydroxylation sites is 3. The molecule has 1 aliphatic heterocycles. The molecule has 1 heterocycles. The van der Waals surface area contributed by atoms with Gasteiger partial charge >= 0.3 is 0 Å². The highest BCUT2D eigenvalue weighted by Gasteiger charge is 2.23. The van der Waals surface area contributed by atoms with E-state index in [2.05, 4.69) is 5.32 Å². The number of anilines is 1. The zero-order chi connectivity index (χ0) is 19.4. The molecule has 0 unspecified atom stereocenters. The Morgan fingerprint density at radius 2 is 2.00 bits per heavy atom. The van der Waals surface area contributed by atoms with Crippen molar-refractivity contribution in [3.63, 3.8) is 0 Å². The number of carbonyl (C=O) groups is 1. The van der Waals surface area contributed by atoms with Gasteiger partial charge in [0.15, 0.2) is 11.5 Å². The van der Waals surface area contributed by atoms with Crippen LogP contribution < -0.4 is 14.8 Å². The van der Waals surface area contributed by atoms with Crippen molar-refractivity contribution in [3.05, 3.63) is 58.1 Å². The van der Waals surface area contributed by atoms with Crippen LogP contribution in [0.5, 0.6) is 11.5 Å². The first-order valence-electron chi connectivity index (χ1n) is 8.55. The van der Waals surface area contributed by atoms with Gasteiger partial charge in [0.25, 0.3) is 5.69 Å². The lowest BCUT2D eigenvalue weighted by Crippen LogP contribution is -2.42. The minimum absolute atomic E-state index is 0.0764.